The number of nitriles is 1. The van der Waals surface area contributed by atoms with Gasteiger partial charge < -0.3 is 14.8 Å². The van der Waals surface area contributed by atoms with Gasteiger partial charge in [-0.1, -0.05) is 18.2 Å². The highest BCUT2D eigenvalue weighted by atomic mass is 16.5. The van der Waals surface area contributed by atoms with Crippen LogP contribution in [0, 0.1) is 17.2 Å². The number of carbonyl (C=O) groups is 1. The van der Waals surface area contributed by atoms with Crippen LogP contribution in [-0.4, -0.2) is 19.6 Å². The summed E-state index contributed by atoms with van der Waals surface area (Å²) >= 11 is 0. The van der Waals surface area contributed by atoms with Crippen molar-refractivity contribution in [2.45, 2.75) is 19.3 Å². The summed E-state index contributed by atoms with van der Waals surface area (Å²) in [6.45, 7) is 2.37. The maximum atomic E-state index is 12.6. The van der Waals surface area contributed by atoms with Crippen LogP contribution < -0.4 is 14.8 Å². The van der Waals surface area contributed by atoms with Crippen molar-refractivity contribution in [1.29, 1.82) is 5.26 Å². The molecule has 1 aliphatic carbocycles. The van der Waals surface area contributed by atoms with E-state index in [1.807, 2.05) is 31.2 Å². The summed E-state index contributed by atoms with van der Waals surface area (Å²) in [5.41, 5.74) is 2.08. The molecular weight excluding hydrogens is 316 g/mol. The lowest BCUT2D eigenvalue weighted by Gasteiger charge is -2.12. The van der Waals surface area contributed by atoms with E-state index in [2.05, 4.69) is 11.4 Å². The van der Waals surface area contributed by atoms with Crippen molar-refractivity contribution in [3.63, 3.8) is 0 Å². The van der Waals surface area contributed by atoms with E-state index in [-0.39, 0.29) is 17.7 Å². The molecule has 0 unspecified atom stereocenters. The van der Waals surface area contributed by atoms with Gasteiger partial charge in [-0.3, -0.25) is 4.79 Å². The molecule has 0 heterocycles. The zero-order chi connectivity index (χ0) is 17.8. The van der Waals surface area contributed by atoms with Crippen molar-refractivity contribution in [3.05, 3.63) is 53.6 Å². The SMILES string of the molecule is CCOc1ccc(C#N)cc1NC(=O)[C@@H]1C[C@@H]1c1ccccc1OC. The van der Waals surface area contributed by atoms with E-state index in [0.717, 1.165) is 17.7 Å². The summed E-state index contributed by atoms with van der Waals surface area (Å²) in [7, 11) is 1.64. The van der Waals surface area contributed by atoms with Crippen LogP contribution in [0.5, 0.6) is 11.5 Å². The maximum absolute atomic E-state index is 12.6. The van der Waals surface area contributed by atoms with Gasteiger partial charge in [0.1, 0.15) is 11.5 Å². The monoisotopic (exact) mass is 336 g/mol. The summed E-state index contributed by atoms with van der Waals surface area (Å²) in [5, 5.41) is 12.0. The van der Waals surface area contributed by atoms with Gasteiger partial charge in [0, 0.05) is 5.92 Å². The van der Waals surface area contributed by atoms with Gasteiger partial charge in [0.15, 0.2) is 0 Å². The predicted octanol–water partition coefficient (Wildman–Crippen LogP) is 3.71. The van der Waals surface area contributed by atoms with Crippen LogP contribution in [0.1, 0.15) is 30.4 Å². The topological polar surface area (TPSA) is 71.3 Å². The fourth-order valence-electron chi connectivity index (χ4n) is 3.01. The van der Waals surface area contributed by atoms with E-state index in [4.69, 9.17) is 14.7 Å². The lowest BCUT2D eigenvalue weighted by molar-refractivity contribution is -0.117. The molecule has 25 heavy (non-hydrogen) atoms. The van der Waals surface area contributed by atoms with Gasteiger partial charge in [0.05, 0.1) is 31.0 Å². The molecule has 1 aliphatic rings. The Hall–Kier alpha value is -3.00. The Morgan fingerprint density at radius 1 is 1.28 bits per heavy atom. The predicted molar refractivity (Wildman–Crippen MR) is 94.8 cm³/mol. The third-order valence-electron chi connectivity index (χ3n) is 4.33. The first kappa shape index (κ1) is 16.8. The average molecular weight is 336 g/mol. The number of methoxy groups -OCH3 is 1. The van der Waals surface area contributed by atoms with E-state index < -0.39 is 0 Å². The Bertz CT molecular complexity index is 826. The number of nitrogens with zero attached hydrogens (tertiary/aromatic N) is 1. The van der Waals surface area contributed by atoms with Gasteiger partial charge in [-0.2, -0.15) is 5.26 Å². The Morgan fingerprint density at radius 3 is 2.80 bits per heavy atom. The number of carbonyl (C=O) groups excluding carboxylic acids is 1. The molecule has 1 N–H and O–H groups in total. The third kappa shape index (κ3) is 3.58. The molecule has 3 rings (SSSR count). The van der Waals surface area contributed by atoms with E-state index in [1.54, 1.807) is 25.3 Å². The molecule has 5 heteroatoms. The fraction of sp³-hybridized carbons (Fsp3) is 0.300. The van der Waals surface area contributed by atoms with Crippen LogP contribution >= 0.6 is 0 Å². The first-order valence-electron chi connectivity index (χ1n) is 8.28. The molecule has 0 aliphatic heterocycles. The molecule has 0 radical (unpaired) electrons. The largest absolute Gasteiger partial charge is 0.496 e. The summed E-state index contributed by atoms with van der Waals surface area (Å²) < 4.78 is 10.9. The lowest BCUT2D eigenvalue weighted by Crippen LogP contribution is -2.15. The van der Waals surface area contributed by atoms with E-state index in [9.17, 15) is 4.79 Å². The first-order chi connectivity index (χ1) is 12.2. The van der Waals surface area contributed by atoms with E-state index in [0.29, 0.717) is 23.6 Å². The molecule has 0 spiro atoms. The van der Waals surface area contributed by atoms with Gasteiger partial charge in [0.25, 0.3) is 0 Å². The average Bonchev–Trinajstić information content (AvgIpc) is 3.44. The molecule has 2 aromatic carbocycles. The third-order valence-corrected chi connectivity index (χ3v) is 4.33. The minimum absolute atomic E-state index is 0.0630. The molecule has 2 aromatic rings. The van der Waals surface area contributed by atoms with Crippen LogP contribution in [-0.2, 0) is 4.79 Å². The van der Waals surface area contributed by atoms with Crippen LogP contribution in [0.25, 0.3) is 0 Å². The van der Waals surface area contributed by atoms with E-state index >= 15 is 0 Å². The first-order valence-corrected chi connectivity index (χ1v) is 8.28. The molecule has 1 fully saturated rings. The minimum Gasteiger partial charge on any atom is -0.496 e. The second-order valence-electron chi connectivity index (χ2n) is 5.94. The molecule has 1 saturated carbocycles. The molecule has 0 saturated heterocycles. The number of hydrogen-bond acceptors (Lipinski definition) is 4. The summed E-state index contributed by atoms with van der Waals surface area (Å²) in [5.74, 6) is 1.38. The van der Waals surface area contributed by atoms with Crippen LogP contribution in [0.4, 0.5) is 5.69 Å². The number of ether oxygens (including phenoxy) is 2. The lowest BCUT2D eigenvalue weighted by atomic mass is 10.1. The van der Waals surface area contributed by atoms with Crippen LogP contribution in [0.15, 0.2) is 42.5 Å². The highest BCUT2D eigenvalue weighted by Crippen LogP contribution is 2.51. The van der Waals surface area contributed by atoms with Gasteiger partial charge in [-0.25, -0.2) is 0 Å². The number of rotatable bonds is 6. The van der Waals surface area contributed by atoms with E-state index in [1.165, 1.54) is 0 Å². The van der Waals surface area contributed by atoms with Crippen molar-refractivity contribution in [1.82, 2.24) is 0 Å². The Labute approximate surface area is 147 Å². The van der Waals surface area contributed by atoms with Crippen LogP contribution in [0.3, 0.4) is 0 Å². The Morgan fingerprint density at radius 2 is 2.08 bits per heavy atom. The number of nitrogens with one attached hydrogen (secondary N) is 1. The zero-order valence-electron chi connectivity index (χ0n) is 14.3. The summed E-state index contributed by atoms with van der Waals surface area (Å²) in [6.07, 6.45) is 0.786. The molecule has 1 amide bonds. The Balaban J connectivity index is 1.75. The fourth-order valence-corrected chi connectivity index (χ4v) is 3.01. The standard InChI is InChI=1S/C20H20N2O3/c1-3-25-19-9-8-13(12-21)10-17(19)22-20(23)16-11-15(16)14-6-4-5-7-18(14)24-2/h4-10,15-16H,3,11H2,1-2H3,(H,22,23)/t15-,16-/m1/s1. The summed E-state index contributed by atoms with van der Waals surface area (Å²) in [6, 6.07) is 14.9. The van der Waals surface area contributed by atoms with Gasteiger partial charge in [0.2, 0.25) is 5.91 Å². The van der Waals surface area contributed by atoms with Crippen molar-refractivity contribution >= 4 is 11.6 Å². The van der Waals surface area contributed by atoms with Crippen molar-refractivity contribution in [2.75, 3.05) is 19.0 Å². The normalized spacial score (nSPS) is 18.1. The summed E-state index contributed by atoms with van der Waals surface area (Å²) in [4.78, 5) is 12.6. The maximum Gasteiger partial charge on any atom is 0.228 e. The van der Waals surface area contributed by atoms with Crippen molar-refractivity contribution in [2.24, 2.45) is 5.92 Å². The number of amides is 1. The zero-order valence-corrected chi connectivity index (χ0v) is 14.3. The second-order valence-corrected chi connectivity index (χ2v) is 5.94. The van der Waals surface area contributed by atoms with Gasteiger partial charge in [-0.15, -0.1) is 0 Å². The molecule has 0 aromatic heterocycles. The minimum atomic E-state index is -0.100. The molecular formula is C20H20N2O3. The molecule has 5 nitrogen and oxygen atoms in total. The second kappa shape index (κ2) is 7.27. The number of anilines is 1. The number of benzene rings is 2. The van der Waals surface area contributed by atoms with Crippen molar-refractivity contribution < 1.29 is 14.3 Å². The number of hydrogen-bond donors (Lipinski definition) is 1. The van der Waals surface area contributed by atoms with Gasteiger partial charge in [-0.05, 0) is 49.1 Å². The van der Waals surface area contributed by atoms with Gasteiger partial charge >= 0.3 is 0 Å². The van der Waals surface area contributed by atoms with Crippen molar-refractivity contribution in [3.8, 4) is 17.6 Å². The molecule has 0 bridgehead atoms. The molecule has 2 atom stereocenters. The highest BCUT2D eigenvalue weighted by molar-refractivity contribution is 5.96. The molecule has 128 valence electrons. The number of para-hydroxylation sites is 1. The highest BCUT2D eigenvalue weighted by Gasteiger charge is 2.45. The quantitative estimate of drug-likeness (QED) is 0.873. The van der Waals surface area contributed by atoms with Crippen LogP contribution in [0.2, 0.25) is 0 Å². The Kier molecular flexibility index (Phi) is 4.90. The smallest absolute Gasteiger partial charge is 0.228 e.